The lowest BCUT2D eigenvalue weighted by Gasteiger charge is -2.20. The maximum atomic E-state index is 12.5. The molecule has 23 heavy (non-hydrogen) atoms. The number of nitrogens with zero attached hydrogens (tertiary/aromatic N) is 5. The Labute approximate surface area is 135 Å². The van der Waals surface area contributed by atoms with Gasteiger partial charge in [0.05, 0.1) is 18.1 Å². The van der Waals surface area contributed by atoms with Gasteiger partial charge in [-0.15, -0.1) is 0 Å². The van der Waals surface area contributed by atoms with E-state index in [0.29, 0.717) is 17.4 Å². The zero-order chi connectivity index (χ0) is 16.1. The average molecular weight is 312 g/mol. The summed E-state index contributed by atoms with van der Waals surface area (Å²) in [7, 11) is 0. The SMILES string of the molecule is Nc1cnc(CC2CCCN(C(=O)c3ccncn3)CC2)cn1. The van der Waals surface area contributed by atoms with Gasteiger partial charge in [0.1, 0.15) is 17.8 Å². The van der Waals surface area contributed by atoms with Gasteiger partial charge in [-0.2, -0.15) is 0 Å². The summed E-state index contributed by atoms with van der Waals surface area (Å²) in [5, 5.41) is 0. The fraction of sp³-hybridized carbons (Fsp3) is 0.438. The molecule has 1 aliphatic heterocycles. The van der Waals surface area contributed by atoms with E-state index >= 15 is 0 Å². The van der Waals surface area contributed by atoms with Crippen molar-refractivity contribution in [2.24, 2.45) is 5.92 Å². The van der Waals surface area contributed by atoms with Crippen LogP contribution in [0, 0.1) is 5.92 Å². The first kappa shape index (κ1) is 15.3. The summed E-state index contributed by atoms with van der Waals surface area (Å²) >= 11 is 0. The van der Waals surface area contributed by atoms with Gasteiger partial charge in [-0.3, -0.25) is 9.78 Å². The summed E-state index contributed by atoms with van der Waals surface area (Å²) in [5.41, 5.74) is 6.98. The number of carbonyl (C=O) groups is 1. The summed E-state index contributed by atoms with van der Waals surface area (Å²) in [6.45, 7) is 1.52. The smallest absolute Gasteiger partial charge is 0.272 e. The van der Waals surface area contributed by atoms with Crippen molar-refractivity contribution in [3.05, 3.63) is 42.4 Å². The molecule has 120 valence electrons. The minimum absolute atomic E-state index is 0.0136. The lowest BCUT2D eigenvalue weighted by molar-refractivity contribution is 0.0754. The van der Waals surface area contributed by atoms with Gasteiger partial charge >= 0.3 is 0 Å². The fourth-order valence-corrected chi connectivity index (χ4v) is 2.92. The molecule has 0 aromatic carbocycles. The van der Waals surface area contributed by atoms with E-state index in [1.54, 1.807) is 24.7 Å². The molecule has 3 rings (SSSR count). The summed E-state index contributed by atoms with van der Waals surface area (Å²) in [6, 6.07) is 1.66. The maximum absolute atomic E-state index is 12.5. The largest absolute Gasteiger partial charge is 0.382 e. The third kappa shape index (κ3) is 4.00. The molecule has 1 fully saturated rings. The van der Waals surface area contributed by atoms with E-state index in [4.69, 9.17) is 5.73 Å². The highest BCUT2D eigenvalue weighted by Crippen LogP contribution is 2.22. The number of hydrogen-bond donors (Lipinski definition) is 1. The number of amides is 1. The Morgan fingerprint density at radius 1 is 1.22 bits per heavy atom. The molecule has 2 aromatic heterocycles. The van der Waals surface area contributed by atoms with Crippen LogP contribution in [0.2, 0.25) is 0 Å². The Kier molecular flexibility index (Phi) is 4.75. The van der Waals surface area contributed by atoms with Crippen molar-refractivity contribution in [3.63, 3.8) is 0 Å². The van der Waals surface area contributed by atoms with E-state index in [1.807, 2.05) is 4.90 Å². The van der Waals surface area contributed by atoms with Crippen LogP contribution in [-0.4, -0.2) is 43.8 Å². The molecule has 2 aromatic rings. The van der Waals surface area contributed by atoms with Gasteiger partial charge in [-0.25, -0.2) is 15.0 Å². The lowest BCUT2D eigenvalue weighted by atomic mass is 9.95. The highest BCUT2D eigenvalue weighted by molar-refractivity contribution is 5.92. The van der Waals surface area contributed by atoms with Crippen LogP contribution in [0.1, 0.15) is 35.4 Å². The van der Waals surface area contributed by atoms with Gasteiger partial charge in [0.15, 0.2) is 0 Å². The van der Waals surface area contributed by atoms with E-state index in [0.717, 1.165) is 44.5 Å². The van der Waals surface area contributed by atoms with Gasteiger partial charge in [-0.05, 0) is 37.7 Å². The predicted octanol–water partition coefficient (Wildman–Crippen LogP) is 1.33. The minimum Gasteiger partial charge on any atom is -0.382 e. The van der Waals surface area contributed by atoms with Crippen LogP contribution in [0.5, 0.6) is 0 Å². The highest BCUT2D eigenvalue weighted by Gasteiger charge is 2.22. The number of anilines is 1. The highest BCUT2D eigenvalue weighted by atomic mass is 16.2. The molecule has 7 heteroatoms. The van der Waals surface area contributed by atoms with Crippen LogP contribution in [0.15, 0.2) is 31.0 Å². The van der Waals surface area contributed by atoms with Crippen molar-refractivity contribution in [2.75, 3.05) is 18.8 Å². The molecule has 1 saturated heterocycles. The van der Waals surface area contributed by atoms with E-state index < -0.39 is 0 Å². The van der Waals surface area contributed by atoms with Crippen molar-refractivity contribution in [2.45, 2.75) is 25.7 Å². The van der Waals surface area contributed by atoms with Crippen molar-refractivity contribution >= 4 is 11.7 Å². The molecule has 1 unspecified atom stereocenters. The third-order valence-corrected chi connectivity index (χ3v) is 4.16. The quantitative estimate of drug-likeness (QED) is 0.918. The Morgan fingerprint density at radius 2 is 2.13 bits per heavy atom. The summed E-state index contributed by atoms with van der Waals surface area (Å²) in [6.07, 6.45) is 10.3. The summed E-state index contributed by atoms with van der Waals surface area (Å²) in [5.74, 6) is 0.938. The standard InChI is InChI=1S/C16H20N6O/c17-15-10-19-13(9-20-15)8-12-2-1-6-22(7-4-12)16(23)14-3-5-18-11-21-14/h3,5,9-12H,1-2,4,6-8H2,(H2,17,20). The van der Waals surface area contributed by atoms with Crippen molar-refractivity contribution in [1.82, 2.24) is 24.8 Å². The normalized spacial score (nSPS) is 18.4. The third-order valence-electron chi connectivity index (χ3n) is 4.16. The van der Waals surface area contributed by atoms with Crippen molar-refractivity contribution < 1.29 is 4.79 Å². The van der Waals surface area contributed by atoms with Crippen molar-refractivity contribution in [1.29, 1.82) is 0 Å². The molecule has 0 spiro atoms. The molecule has 7 nitrogen and oxygen atoms in total. The first-order valence-corrected chi connectivity index (χ1v) is 7.84. The lowest BCUT2D eigenvalue weighted by Crippen LogP contribution is -2.32. The second-order valence-electron chi connectivity index (χ2n) is 5.82. The molecule has 0 bridgehead atoms. The molecule has 3 heterocycles. The van der Waals surface area contributed by atoms with E-state index in [1.165, 1.54) is 6.33 Å². The number of likely N-dealkylation sites (tertiary alicyclic amines) is 1. The Bertz CT molecular complexity index is 645. The molecule has 0 saturated carbocycles. The van der Waals surface area contributed by atoms with Gasteiger partial charge in [0.2, 0.25) is 0 Å². The molecule has 1 atom stereocenters. The molecule has 0 aliphatic carbocycles. The Balaban J connectivity index is 1.59. The van der Waals surface area contributed by atoms with Crippen LogP contribution in [0.25, 0.3) is 0 Å². The number of rotatable bonds is 3. The predicted molar refractivity (Wildman–Crippen MR) is 85.4 cm³/mol. The van der Waals surface area contributed by atoms with E-state index in [9.17, 15) is 4.79 Å². The molecule has 1 aliphatic rings. The first-order valence-electron chi connectivity index (χ1n) is 7.84. The molecule has 1 amide bonds. The molecule has 0 radical (unpaired) electrons. The molecular weight excluding hydrogens is 292 g/mol. The number of nitrogens with two attached hydrogens (primary N) is 1. The average Bonchev–Trinajstić information content (AvgIpc) is 2.83. The number of carbonyl (C=O) groups excluding carboxylic acids is 1. The number of nitrogen functional groups attached to an aromatic ring is 1. The summed E-state index contributed by atoms with van der Waals surface area (Å²) in [4.78, 5) is 30.6. The van der Waals surface area contributed by atoms with Crippen LogP contribution < -0.4 is 5.73 Å². The Hall–Kier alpha value is -2.57. The van der Waals surface area contributed by atoms with E-state index in [2.05, 4.69) is 19.9 Å². The topological polar surface area (TPSA) is 97.9 Å². The van der Waals surface area contributed by atoms with Gasteiger partial charge in [-0.1, -0.05) is 0 Å². The zero-order valence-corrected chi connectivity index (χ0v) is 12.9. The maximum Gasteiger partial charge on any atom is 0.272 e. The second-order valence-corrected chi connectivity index (χ2v) is 5.82. The Morgan fingerprint density at radius 3 is 2.87 bits per heavy atom. The molecular formula is C16H20N6O. The monoisotopic (exact) mass is 312 g/mol. The summed E-state index contributed by atoms with van der Waals surface area (Å²) < 4.78 is 0. The van der Waals surface area contributed by atoms with Gasteiger partial charge in [0.25, 0.3) is 5.91 Å². The molecule has 2 N–H and O–H groups in total. The minimum atomic E-state index is -0.0136. The number of hydrogen-bond acceptors (Lipinski definition) is 6. The van der Waals surface area contributed by atoms with Crippen molar-refractivity contribution in [3.8, 4) is 0 Å². The van der Waals surface area contributed by atoms with Crippen LogP contribution in [-0.2, 0) is 6.42 Å². The zero-order valence-electron chi connectivity index (χ0n) is 12.9. The second kappa shape index (κ2) is 7.13. The van der Waals surface area contributed by atoms with Gasteiger partial charge < -0.3 is 10.6 Å². The number of aromatic nitrogens is 4. The van der Waals surface area contributed by atoms with Crippen LogP contribution in [0.4, 0.5) is 5.82 Å². The van der Waals surface area contributed by atoms with Crippen LogP contribution in [0.3, 0.4) is 0 Å². The fourth-order valence-electron chi connectivity index (χ4n) is 2.92. The van der Waals surface area contributed by atoms with Gasteiger partial charge in [0, 0.05) is 19.3 Å². The van der Waals surface area contributed by atoms with Crippen LogP contribution >= 0.6 is 0 Å². The van der Waals surface area contributed by atoms with E-state index in [-0.39, 0.29) is 5.91 Å². The first-order chi connectivity index (χ1) is 11.2.